The molecule has 0 atom stereocenters. The van der Waals surface area contributed by atoms with E-state index in [1.165, 1.54) is 29.2 Å². The Bertz CT molecular complexity index is 876. The zero-order valence-electron chi connectivity index (χ0n) is 16.1. The third-order valence-corrected chi connectivity index (χ3v) is 5.12. The van der Waals surface area contributed by atoms with Crippen LogP contribution in [0.1, 0.15) is 29.8 Å². The first kappa shape index (κ1) is 19.9. The van der Waals surface area contributed by atoms with E-state index in [0.29, 0.717) is 17.0 Å². The minimum Gasteiger partial charge on any atom is -0.358 e. The zero-order chi connectivity index (χ0) is 20.1. The summed E-state index contributed by atoms with van der Waals surface area (Å²) < 4.78 is 28.3. The van der Waals surface area contributed by atoms with E-state index in [2.05, 4.69) is 22.4 Å². The van der Waals surface area contributed by atoms with Gasteiger partial charge in [-0.3, -0.25) is 4.79 Å². The van der Waals surface area contributed by atoms with Gasteiger partial charge in [-0.1, -0.05) is 18.2 Å². The van der Waals surface area contributed by atoms with Crippen molar-refractivity contribution in [2.75, 3.05) is 37.6 Å². The molecular weight excluding hydrogens is 362 g/mol. The summed E-state index contributed by atoms with van der Waals surface area (Å²) in [6.07, 6.45) is 0. The Kier molecular flexibility index (Phi) is 6.36. The molecule has 148 valence electrons. The number of hydrogen-bond donors (Lipinski definition) is 2. The maximum atomic E-state index is 14.7. The summed E-state index contributed by atoms with van der Waals surface area (Å²) in [4.78, 5) is 15.6. The van der Waals surface area contributed by atoms with Gasteiger partial charge in [-0.2, -0.15) is 5.10 Å². The van der Waals surface area contributed by atoms with Crippen LogP contribution in [-0.4, -0.2) is 44.3 Å². The lowest BCUT2D eigenvalue weighted by Crippen LogP contribution is -3.14. The molecule has 2 aromatic rings. The third-order valence-electron chi connectivity index (χ3n) is 5.12. The van der Waals surface area contributed by atoms with Crippen molar-refractivity contribution >= 4 is 17.3 Å². The Hall–Kier alpha value is -2.80. The van der Waals surface area contributed by atoms with Crippen molar-refractivity contribution in [1.82, 2.24) is 5.43 Å². The summed E-state index contributed by atoms with van der Waals surface area (Å²) in [5.41, 5.74) is 3.82. The van der Waals surface area contributed by atoms with Crippen LogP contribution in [0, 0.1) is 11.6 Å². The molecule has 1 saturated heterocycles. The molecule has 28 heavy (non-hydrogen) atoms. The second kappa shape index (κ2) is 8.93. The number of benzene rings is 2. The third kappa shape index (κ3) is 4.54. The molecule has 0 unspecified atom stereocenters. The predicted molar refractivity (Wildman–Crippen MR) is 106 cm³/mol. The number of amides is 1. The minimum absolute atomic E-state index is 0.0890. The highest BCUT2D eigenvalue weighted by molar-refractivity contribution is 6.01. The van der Waals surface area contributed by atoms with Gasteiger partial charge in [-0.25, -0.2) is 14.2 Å². The molecular formula is C21H25F2N4O+. The molecule has 1 amide bonds. The van der Waals surface area contributed by atoms with Gasteiger partial charge in [0.1, 0.15) is 11.6 Å². The number of hydrazone groups is 1. The highest BCUT2D eigenvalue weighted by Gasteiger charge is 2.21. The van der Waals surface area contributed by atoms with Crippen LogP contribution in [0.25, 0.3) is 0 Å². The van der Waals surface area contributed by atoms with E-state index in [1.54, 1.807) is 25.1 Å². The molecule has 0 spiro atoms. The average molecular weight is 387 g/mol. The van der Waals surface area contributed by atoms with Crippen LogP contribution in [-0.2, 0) is 0 Å². The van der Waals surface area contributed by atoms with Crippen molar-refractivity contribution in [3.63, 3.8) is 0 Å². The van der Waals surface area contributed by atoms with Crippen LogP contribution in [0.15, 0.2) is 47.6 Å². The first-order chi connectivity index (χ1) is 13.5. The number of rotatable bonds is 5. The van der Waals surface area contributed by atoms with Gasteiger partial charge in [-0.05, 0) is 38.1 Å². The molecule has 1 aliphatic heterocycles. The highest BCUT2D eigenvalue weighted by Crippen LogP contribution is 2.21. The summed E-state index contributed by atoms with van der Waals surface area (Å²) in [5, 5.41) is 3.98. The van der Waals surface area contributed by atoms with Crippen molar-refractivity contribution in [2.24, 2.45) is 5.10 Å². The first-order valence-electron chi connectivity index (χ1n) is 9.47. The van der Waals surface area contributed by atoms with E-state index >= 15 is 0 Å². The number of hydrogen-bond acceptors (Lipinski definition) is 3. The summed E-state index contributed by atoms with van der Waals surface area (Å²) in [7, 11) is 0. The van der Waals surface area contributed by atoms with Gasteiger partial charge in [0.25, 0.3) is 5.91 Å². The van der Waals surface area contributed by atoms with Gasteiger partial charge >= 0.3 is 0 Å². The van der Waals surface area contributed by atoms with Crippen LogP contribution in [0.5, 0.6) is 0 Å². The van der Waals surface area contributed by atoms with Gasteiger partial charge in [-0.15, -0.1) is 0 Å². The van der Waals surface area contributed by atoms with Crippen molar-refractivity contribution in [1.29, 1.82) is 0 Å². The Morgan fingerprint density at radius 3 is 2.50 bits per heavy atom. The molecule has 0 radical (unpaired) electrons. The largest absolute Gasteiger partial charge is 0.358 e. The maximum Gasteiger partial charge on any atom is 0.274 e. The van der Waals surface area contributed by atoms with Gasteiger partial charge < -0.3 is 9.80 Å². The second-order valence-electron chi connectivity index (χ2n) is 6.87. The summed E-state index contributed by atoms with van der Waals surface area (Å²) in [5.74, 6) is -1.58. The van der Waals surface area contributed by atoms with E-state index in [-0.39, 0.29) is 11.4 Å². The van der Waals surface area contributed by atoms with Crippen LogP contribution in [0.2, 0.25) is 0 Å². The molecule has 2 N–H and O–H groups in total. The van der Waals surface area contributed by atoms with E-state index in [4.69, 9.17) is 0 Å². The van der Waals surface area contributed by atoms with Crippen molar-refractivity contribution in [2.45, 2.75) is 13.8 Å². The molecule has 3 rings (SSSR count). The fraction of sp³-hybridized carbons (Fsp3) is 0.333. The Morgan fingerprint density at radius 2 is 1.86 bits per heavy atom. The fourth-order valence-corrected chi connectivity index (χ4v) is 3.31. The normalized spacial score (nSPS) is 15.6. The average Bonchev–Trinajstić information content (AvgIpc) is 2.72. The number of piperazine rings is 1. The van der Waals surface area contributed by atoms with Crippen molar-refractivity contribution in [3.8, 4) is 0 Å². The van der Waals surface area contributed by atoms with E-state index < -0.39 is 11.7 Å². The van der Waals surface area contributed by atoms with Crippen molar-refractivity contribution in [3.05, 3.63) is 65.2 Å². The van der Waals surface area contributed by atoms with Crippen LogP contribution < -0.4 is 15.2 Å². The molecule has 5 nitrogen and oxygen atoms in total. The minimum atomic E-state index is -0.647. The Labute approximate surface area is 163 Å². The van der Waals surface area contributed by atoms with Crippen LogP contribution in [0.4, 0.5) is 14.5 Å². The molecule has 0 aromatic heterocycles. The predicted octanol–water partition coefficient (Wildman–Crippen LogP) is 1.84. The lowest BCUT2D eigenvalue weighted by molar-refractivity contribution is -0.898. The topological polar surface area (TPSA) is 49.1 Å². The molecule has 0 aliphatic carbocycles. The molecule has 1 aliphatic rings. The highest BCUT2D eigenvalue weighted by atomic mass is 19.1. The van der Waals surface area contributed by atoms with Gasteiger partial charge in [0, 0.05) is 5.56 Å². The Morgan fingerprint density at radius 1 is 1.14 bits per heavy atom. The van der Waals surface area contributed by atoms with E-state index in [9.17, 15) is 13.6 Å². The van der Waals surface area contributed by atoms with Crippen LogP contribution >= 0.6 is 0 Å². The first-order valence-corrected chi connectivity index (χ1v) is 9.47. The summed E-state index contributed by atoms with van der Waals surface area (Å²) >= 11 is 0. The smallest absolute Gasteiger partial charge is 0.274 e. The number of anilines is 1. The number of carbonyl (C=O) groups excluding carboxylic acids is 1. The number of nitrogens with zero attached hydrogens (tertiary/aromatic N) is 2. The standard InChI is InChI=1S/C21H24F2N4O/c1-3-26-10-12-27(13-11-26)20-9-8-16(14-19(20)23)15(2)24-25-21(28)17-6-4-5-7-18(17)22/h4-9,14H,3,10-13H2,1-2H3,(H,25,28)/p+1/b24-15-. The van der Waals surface area contributed by atoms with Gasteiger partial charge in [0.2, 0.25) is 0 Å². The van der Waals surface area contributed by atoms with Crippen molar-refractivity contribution < 1.29 is 18.5 Å². The lowest BCUT2D eigenvalue weighted by Gasteiger charge is -2.33. The number of halogens is 2. The summed E-state index contributed by atoms with van der Waals surface area (Å²) in [6.45, 7) is 8.56. The Balaban J connectivity index is 1.68. The van der Waals surface area contributed by atoms with Gasteiger partial charge in [0.05, 0.1) is 49.7 Å². The summed E-state index contributed by atoms with van der Waals surface area (Å²) in [6, 6.07) is 10.6. The second-order valence-corrected chi connectivity index (χ2v) is 6.87. The molecule has 7 heteroatoms. The quantitative estimate of drug-likeness (QED) is 0.608. The number of quaternary nitrogens is 1. The van der Waals surface area contributed by atoms with E-state index in [1.807, 2.05) is 0 Å². The molecule has 0 bridgehead atoms. The van der Waals surface area contributed by atoms with Gasteiger partial charge in [0.15, 0.2) is 0 Å². The molecule has 0 saturated carbocycles. The molecule has 1 fully saturated rings. The van der Waals surface area contributed by atoms with Crippen LogP contribution in [0.3, 0.4) is 0 Å². The maximum absolute atomic E-state index is 14.7. The lowest BCUT2D eigenvalue weighted by atomic mass is 10.1. The molecule has 1 heterocycles. The number of nitrogens with one attached hydrogen (secondary N) is 2. The monoisotopic (exact) mass is 387 g/mol. The number of carbonyl (C=O) groups is 1. The SMILES string of the molecule is CC[NH+]1CCN(c2ccc(/C(C)=N\NC(=O)c3ccccc3F)cc2F)CC1. The fourth-order valence-electron chi connectivity index (χ4n) is 3.31. The molecule has 2 aromatic carbocycles. The zero-order valence-corrected chi connectivity index (χ0v) is 16.1. The van der Waals surface area contributed by atoms with E-state index in [0.717, 1.165) is 32.7 Å². The number of likely N-dealkylation sites (N-methyl/N-ethyl adjacent to an activating group) is 1.